The third kappa shape index (κ3) is 7.27. The number of halogens is 3. The molecule has 0 radical (unpaired) electrons. The molecule has 222 valence electrons. The number of alkyl halides is 3. The van der Waals surface area contributed by atoms with Crippen molar-refractivity contribution in [1.82, 2.24) is 9.13 Å². The Balaban J connectivity index is 0.000000587. The third-order valence-corrected chi connectivity index (χ3v) is 6.64. The topological polar surface area (TPSA) is 138 Å². The van der Waals surface area contributed by atoms with E-state index >= 15 is 0 Å². The number of fused-ring (bicyclic) bond motifs is 1. The van der Waals surface area contributed by atoms with E-state index in [0.29, 0.717) is 11.3 Å². The van der Waals surface area contributed by atoms with Crippen LogP contribution in [0.4, 0.5) is 18.9 Å². The Morgan fingerprint density at radius 1 is 1.00 bits per heavy atom. The number of carboxylic acid groups (broad SMARTS) is 2. The Kier molecular flexibility index (Phi) is 9.19. The van der Waals surface area contributed by atoms with Crippen LogP contribution >= 0.6 is 0 Å². The number of imidazole rings is 1. The Hall–Kier alpha value is -4.29. The molecule has 0 atom stereocenters. The van der Waals surface area contributed by atoms with Crippen LogP contribution in [-0.2, 0) is 28.6 Å². The van der Waals surface area contributed by atoms with Gasteiger partial charge in [0.15, 0.2) is 12.4 Å². The number of ketones is 1. The van der Waals surface area contributed by atoms with Crippen LogP contribution in [0.2, 0.25) is 0 Å². The number of nitrogens with zero attached hydrogens (tertiary/aromatic N) is 3. The molecule has 0 saturated carbocycles. The van der Waals surface area contributed by atoms with E-state index in [4.69, 9.17) is 20.0 Å². The van der Waals surface area contributed by atoms with Crippen LogP contribution in [0.25, 0.3) is 11.0 Å². The van der Waals surface area contributed by atoms with E-state index in [-0.39, 0.29) is 23.4 Å². The van der Waals surface area contributed by atoms with Crippen LogP contribution in [0.15, 0.2) is 36.4 Å². The van der Waals surface area contributed by atoms with Gasteiger partial charge in [0.2, 0.25) is 5.62 Å². The highest BCUT2D eigenvalue weighted by Crippen LogP contribution is 2.41. The first kappa shape index (κ1) is 31.2. The smallest absolute Gasteiger partial charge is 0.479 e. The molecule has 13 heteroatoms. The first-order valence-corrected chi connectivity index (χ1v) is 12.8. The summed E-state index contributed by atoms with van der Waals surface area (Å²) in [5.41, 5.74) is 3.72. The number of rotatable bonds is 7. The van der Waals surface area contributed by atoms with Crippen molar-refractivity contribution in [3.8, 4) is 5.75 Å². The molecule has 1 aliphatic heterocycles. The number of aromatic nitrogens is 2. The molecule has 0 aliphatic carbocycles. The summed E-state index contributed by atoms with van der Waals surface area (Å²) in [6, 6.07) is 11.3. The Morgan fingerprint density at radius 2 is 1.56 bits per heavy atom. The summed E-state index contributed by atoms with van der Waals surface area (Å²) in [6.07, 6.45) is -3.01. The molecule has 1 aliphatic rings. The van der Waals surface area contributed by atoms with Gasteiger partial charge in [0.25, 0.3) is 0 Å². The second-order valence-corrected chi connectivity index (χ2v) is 10.7. The minimum absolute atomic E-state index is 0.0402. The normalized spacial score (nSPS) is 13.6. The van der Waals surface area contributed by atoms with Gasteiger partial charge in [-0.05, 0) is 42.5 Å². The minimum Gasteiger partial charge on any atom is -0.479 e. The van der Waals surface area contributed by atoms with Gasteiger partial charge in [-0.25, -0.2) is 9.59 Å². The summed E-state index contributed by atoms with van der Waals surface area (Å²) >= 11 is 0. The third-order valence-electron chi connectivity index (χ3n) is 6.64. The van der Waals surface area contributed by atoms with Gasteiger partial charge >= 0.3 is 18.1 Å². The molecule has 2 heterocycles. The van der Waals surface area contributed by atoms with Crippen LogP contribution in [0.5, 0.6) is 5.75 Å². The van der Waals surface area contributed by atoms with Crippen molar-refractivity contribution in [2.24, 2.45) is 7.05 Å². The van der Waals surface area contributed by atoms with Crippen LogP contribution in [0, 0.1) is 5.41 Å². The number of carboxylic acids is 2. The number of ether oxygens (including phenoxy) is 1. The summed E-state index contributed by atoms with van der Waals surface area (Å²) < 4.78 is 41.0. The summed E-state index contributed by atoms with van der Waals surface area (Å²) in [4.78, 5) is 35.9. The molecule has 0 unspecified atom stereocenters. The number of hydrogen-bond donors (Lipinski definition) is 3. The monoisotopic (exact) mass is 578 g/mol. The van der Waals surface area contributed by atoms with Crippen molar-refractivity contribution in [3.63, 3.8) is 0 Å². The van der Waals surface area contributed by atoms with Gasteiger partial charge in [-0.1, -0.05) is 32.9 Å². The van der Waals surface area contributed by atoms with E-state index in [2.05, 4.69) is 4.90 Å². The maximum absolute atomic E-state index is 13.6. The van der Waals surface area contributed by atoms with E-state index in [1.54, 1.807) is 9.13 Å². The molecule has 1 fully saturated rings. The van der Waals surface area contributed by atoms with Crippen molar-refractivity contribution in [1.29, 1.82) is 5.41 Å². The number of hydrogen-bond acceptors (Lipinski definition) is 6. The van der Waals surface area contributed by atoms with E-state index < -0.39 is 24.7 Å². The molecule has 3 aromatic rings. The maximum atomic E-state index is 13.6. The van der Waals surface area contributed by atoms with Gasteiger partial charge in [-0.3, -0.25) is 10.2 Å². The molecular weight excluding hydrogens is 545 g/mol. The predicted molar refractivity (Wildman–Crippen MR) is 145 cm³/mol. The first-order valence-electron chi connectivity index (χ1n) is 12.8. The molecular formula is C28H33F3N4O6. The second-order valence-electron chi connectivity index (χ2n) is 10.7. The summed E-state index contributed by atoms with van der Waals surface area (Å²) in [6.45, 7) is 7.35. The van der Waals surface area contributed by atoms with Gasteiger partial charge in [0.05, 0.1) is 23.3 Å². The average Bonchev–Trinajstić information content (AvgIpc) is 3.50. The van der Waals surface area contributed by atoms with Crippen molar-refractivity contribution in [3.05, 3.63) is 53.1 Å². The zero-order valence-corrected chi connectivity index (χ0v) is 23.2. The minimum atomic E-state index is -5.08. The highest BCUT2D eigenvalue weighted by Gasteiger charge is 2.38. The van der Waals surface area contributed by atoms with Gasteiger partial charge in [0.1, 0.15) is 5.75 Å². The van der Waals surface area contributed by atoms with Gasteiger partial charge in [-0.15, -0.1) is 0 Å². The number of anilines is 1. The molecule has 3 N–H and O–H groups in total. The fourth-order valence-corrected chi connectivity index (χ4v) is 4.59. The fraction of sp³-hybridized carbons (Fsp3) is 0.429. The number of aliphatic carboxylic acids is 2. The summed E-state index contributed by atoms with van der Waals surface area (Å²) in [7, 11) is 1.82. The second kappa shape index (κ2) is 12.1. The van der Waals surface area contributed by atoms with Crippen molar-refractivity contribution < 1.29 is 42.5 Å². The van der Waals surface area contributed by atoms with Crippen LogP contribution in [0.1, 0.15) is 49.5 Å². The molecule has 0 spiro atoms. The standard InChI is InChI=1S/C26H32N4O4.C2HF3O2/c1-26(2,3)18-13-17(14-21(29-11-7-8-12-29)24(18)34-16-23(32)33)22(31)15-30-20-10-6-5-9-19(20)28(4)25(30)27;3-2(4,5)1(6)7/h5-6,9-10,13-14,27H,7-8,11-12,15-16H2,1-4H3,(H,32,33);(H,6,7). The van der Waals surface area contributed by atoms with Gasteiger partial charge < -0.3 is 29.0 Å². The number of carbonyl (C=O) groups excluding carboxylic acids is 1. The molecule has 10 nitrogen and oxygen atoms in total. The lowest BCUT2D eigenvalue weighted by atomic mass is 9.84. The van der Waals surface area contributed by atoms with E-state index in [0.717, 1.165) is 48.2 Å². The first-order chi connectivity index (χ1) is 19.0. The lowest BCUT2D eigenvalue weighted by molar-refractivity contribution is -0.192. The van der Waals surface area contributed by atoms with E-state index in [9.17, 15) is 27.9 Å². The molecule has 41 heavy (non-hydrogen) atoms. The Morgan fingerprint density at radius 3 is 2.07 bits per heavy atom. The number of Topliss-reactive ketones (excluding diaryl/α,β-unsaturated/α-hetero) is 1. The largest absolute Gasteiger partial charge is 0.490 e. The lowest BCUT2D eigenvalue weighted by Crippen LogP contribution is -2.27. The van der Waals surface area contributed by atoms with Crippen LogP contribution in [0.3, 0.4) is 0 Å². The zero-order valence-electron chi connectivity index (χ0n) is 23.2. The molecule has 1 saturated heterocycles. The van der Waals surface area contributed by atoms with Crippen LogP contribution in [-0.4, -0.2) is 62.9 Å². The number of carbonyl (C=O) groups is 3. The predicted octanol–water partition coefficient (Wildman–Crippen LogP) is 4.34. The lowest BCUT2D eigenvalue weighted by Gasteiger charge is -2.29. The highest BCUT2D eigenvalue weighted by molar-refractivity contribution is 5.98. The highest BCUT2D eigenvalue weighted by atomic mass is 19.4. The Labute approximate surface area is 234 Å². The fourth-order valence-electron chi connectivity index (χ4n) is 4.59. The van der Waals surface area contributed by atoms with Crippen molar-refractivity contribution >= 4 is 34.4 Å². The quantitative estimate of drug-likeness (QED) is 0.355. The van der Waals surface area contributed by atoms with Crippen molar-refractivity contribution in [2.75, 3.05) is 24.6 Å². The summed E-state index contributed by atoms with van der Waals surface area (Å²) in [5.74, 6) is -3.37. The molecule has 0 bridgehead atoms. The van der Waals surface area contributed by atoms with Gasteiger partial charge in [-0.2, -0.15) is 13.2 Å². The maximum Gasteiger partial charge on any atom is 0.490 e. The zero-order chi connectivity index (χ0) is 30.7. The van der Waals surface area contributed by atoms with E-state index in [1.165, 1.54) is 0 Å². The molecule has 0 amide bonds. The molecule has 4 rings (SSSR count). The average molecular weight is 579 g/mol. The Bertz CT molecular complexity index is 1510. The molecule has 1 aromatic heterocycles. The number of aryl methyl sites for hydroxylation is 1. The molecule has 2 aromatic carbocycles. The number of nitrogens with one attached hydrogen (secondary N) is 1. The van der Waals surface area contributed by atoms with Gasteiger partial charge in [0, 0.05) is 31.3 Å². The SMILES string of the molecule is Cn1c(=N)n(CC(=O)c2cc(N3CCCC3)c(OCC(=O)O)c(C(C)(C)C)c2)c2ccccc21.O=C(O)C(F)(F)F. The van der Waals surface area contributed by atoms with E-state index in [1.807, 2.05) is 64.2 Å². The van der Waals surface area contributed by atoms with Crippen molar-refractivity contribution in [2.45, 2.75) is 51.7 Å². The summed E-state index contributed by atoms with van der Waals surface area (Å²) in [5, 5.41) is 24.9. The number of benzene rings is 2. The van der Waals surface area contributed by atoms with Crippen LogP contribution < -0.4 is 15.3 Å². The number of para-hydroxylation sites is 2.